The largest absolute Gasteiger partial charge is 0.310 e. The van der Waals surface area contributed by atoms with E-state index in [1.807, 2.05) is 37.3 Å². The van der Waals surface area contributed by atoms with Crippen LogP contribution in [0, 0.1) is 22.7 Å². The highest BCUT2D eigenvalue weighted by molar-refractivity contribution is 6.11. The predicted octanol–water partition coefficient (Wildman–Crippen LogP) is 9.32. The molecule has 2 heterocycles. The molecule has 0 aliphatic heterocycles. The summed E-state index contributed by atoms with van der Waals surface area (Å²) >= 11 is 0. The summed E-state index contributed by atoms with van der Waals surface area (Å²) in [6.07, 6.45) is 4.89. The van der Waals surface area contributed by atoms with Gasteiger partial charge in [0.1, 0.15) is 0 Å². The molecule has 0 saturated heterocycles. The van der Waals surface area contributed by atoms with Gasteiger partial charge in [-0.15, -0.1) is 0 Å². The molecule has 0 fully saturated rings. The quantitative estimate of drug-likeness (QED) is 0.162. The normalized spacial score (nSPS) is 12.3. The van der Waals surface area contributed by atoms with Crippen molar-refractivity contribution in [2.24, 2.45) is 0 Å². The van der Waals surface area contributed by atoms with Gasteiger partial charge in [-0.05, 0) is 73.5 Å². The molecular weight excluding hydrogens is 512 g/mol. The number of hydrogen-bond donors (Lipinski definition) is 0. The Morgan fingerprint density at radius 3 is 1.86 bits per heavy atom. The average molecular weight is 539 g/mol. The fourth-order valence-corrected chi connectivity index (χ4v) is 5.99. The maximum absolute atomic E-state index is 9.62. The molecule has 0 aliphatic rings. The molecule has 0 bridgehead atoms. The van der Waals surface area contributed by atoms with Crippen molar-refractivity contribution in [3.8, 4) is 17.8 Å². The molecule has 4 nitrogen and oxygen atoms in total. The Labute approximate surface area is 243 Å². The molecule has 0 unspecified atom stereocenters. The van der Waals surface area contributed by atoms with Crippen LogP contribution in [0.15, 0.2) is 133 Å². The number of nitriles is 2. The molecule has 198 valence electrons. The molecule has 0 atom stereocenters. The van der Waals surface area contributed by atoms with E-state index in [9.17, 15) is 10.5 Å². The van der Waals surface area contributed by atoms with Crippen LogP contribution >= 0.6 is 0 Å². The monoisotopic (exact) mass is 538 g/mol. The number of para-hydroxylation sites is 3. The number of nitrogens with zero attached hydrogens (tertiary/aromatic N) is 4. The molecule has 0 N–H and O–H groups in total. The Kier molecular flexibility index (Phi) is 6.16. The highest BCUT2D eigenvalue weighted by Gasteiger charge is 2.14. The molecule has 2 aromatic heterocycles. The minimum Gasteiger partial charge on any atom is -0.310 e. The Hall–Kier alpha value is -5.84. The second-order valence-electron chi connectivity index (χ2n) is 10.5. The molecule has 7 aromatic rings. The number of aromatic nitrogens is 2. The van der Waals surface area contributed by atoms with E-state index in [0.717, 1.165) is 44.2 Å². The number of rotatable bonds is 5. The third kappa shape index (κ3) is 4.15. The molecule has 42 heavy (non-hydrogen) atoms. The molecule has 0 radical (unpaired) electrons. The van der Waals surface area contributed by atoms with Gasteiger partial charge in [-0.3, -0.25) is 0 Å². The van der Waals surface area contributed by atoms with Crippen LogP contribution in [-0.4, -0.2) is 9.13 Å². The molecule has 0 aliphatic carbocycles. The van der Waals surface area contributed by atoms with Crippen molar-refractivity contribution < 1.29 is 0 Å². The van der Waals surface area contributed by atoms with Crippen molar-refractivity contribution in [2.45, 2.75) is 13.3 Å². The maximum atomic E-state index is 9.62. The smallest absolute Gasteiger partial charge is 0.0991 e. The molecule has 0 saturated carbocycles. The van der Waals surface area contributed by atoms with Crippen molar-refractivity contribution in [1.29, 1.82) is 10.5 Å². The zero-order valence-electron chi connectivity index (χ0n) is 23.1. The zero-order chi connectivity index (χ0) is 28.6. The van der Waals surface area contributed by atoms with Gasteiger partial charge in [0.25, 0.3) is 0 Å². The maximum Gasteiger partial charge on any atom is 0.0991 e. The van der Waals surface area contributed by atoms with Crippen LogP contribution in [0.1, 0.15) is 18.1 Å². The van der Waals surface area contributed by atoms with Gasteiger partial charge in [-0.25, -0.2) is 0 Å². The number of benzene rings is 5. The van der Waals surface area contributed by atoms with Crippen molar-refractivity contribution in [1.82, 2.24) is 9.13 Å². The van der Waals surface area contributed by atoms with Crippen molar-refractivity contribution >= 4 is 49.3 Å². The SMILES string of the molecule is C/C(C#N)=C\C(=C/Cc1ccc(-n2c3ccccc3c3cc(C#N)ccc32)cc1)n1c2ccccc2c2ccccc21. The fourth-order valence-electron chi connectivity index (χ4n) is 5.99. The van der Waals surface area contributed by atoms with Gasteiger partial charge in [-0.2, -0.15) is 10.5 Å². The van der Waals surface area contributed by atoms with E-state index in [4.69, 9.17) is 0 Å². The average Bonchev–Trinajstić information content (AvgIpc) is 3.56. The Morgan fingerprint density at radius 2 is 1.24 bits per heavy atom. The Bertz CT molecular complexity index is 2240. The van der Waals surface area contributed by atoms with Crippen molar-refractivity contribution in [3.05, 3.63) is 144 Å². The van der Waals surface area contributed by atoms with E-state index < -0.39 is 0 Å². The van der Waals surface area contributed by atoms with Crippen LogP contribution in [0.5, 0.6) is 0 Å². The first-order valence-electron chi connectivity index (χ1n) is 14.0. The molecule has 0 amide bonds. The summed E-state index contributed by atoms with van der Waals surface area (Å²) in [6.45, 7) is 1.85. The fraction of sp³-hybridized carbons (Fsp3) is 0.0526. The summed E-state index contributed by atoms with van der Waals surface area (Å²) in [5.41, 5.74) is 8.97. The lowest BCUT2D eigenvalue weighted by Gasteiger charge is -2.11. The standard InChI is InChI=1S/C38H26N4/c1-26(24-39)22-30(42-35-11-5-2-8-31(35)32-9-3-6-12-36(32)42)20-16-27-14-18-29(19-15-27)41-37-13-7-4-10-33(37)34-23-28(25-40)17-21-38(34)41/h2-15,17-23H,16H2,1H3/b26-22+,30-20+. The molecule has 7 rings (SSSR count). The molecular formula is C38H26N4. The van der Waals surface area contributed by atoms with Gasteiger partial charge in [0.15, 0.2) is 0 Å². The van der Waals surface area contributed by atoms with E-state index in [0.29, 0.717) is 17.6 Å². The second kappa shape index (κ2) is 10.3. The lowest BCUT2D eigenvalue weighted by Crippen LogP contribution is -1.97. The van der Waals surface area contributed by atoms with Gasteiger partial charge in [-0.1, -0.05) is 72.8 Å². The van der Waals surface area contributed by atoms with Crippen LogP contribution in [0.25, 0.3) is 55.0 Å². The van der Waals surface area contributed by atoms with E-state index in [1.165, 1.54) is 16.3 Å². The van der Waals surface area contributed by atoms with Crippen LogP contribution in [0.4, 0.5) is 0 Å². The lowest BCUT2D eigenvalue weighted by atomic mass is 10.1. The van der Waals surface area contributed by atoms with Crippen molar-refractivity contribution in [3.63, 3.8) is 0 Å². The van der Waals surface area contributed by atoms with Crippen molar-refractivity contribution in [2.75, 3.05) is 0 Å². The van der Waals surface area contributed by atoms with E-state index in [-0.39, 0.29) is 0 Å². The Balaban J connectivity index is 1.31. The van der Waals surface area contributed by atoms with Gasteiger partial charge in [0.2, 0.25) is 0 Å². The minimum atomic E-state index is 0.657. The molecule has 4 heteroatoms. The number of fused-ring (bicyclic) bond motifs is 6. The topological polar surface area (TPSA) is 57.4 Å². The number of hydrogen-bond acceptors (Lipinski definition) is 2. The van der Waals surface area contributed by atoms with Gasteiger partial charge >= 0.3 is 0 Å². The lowest BCUT2D eigenvalue weighted by molar-refractivity contribution is 1.15. The summed E-state index contributed by atoms with van der Waals surface area (Å²) in [5, 5.41) is 23.7. The van der Waals surface area contributed by atoms with E-state index in [1.54, 1.807) is 0 Å². The number of allylic oxidation sites excluding steroid dienone is 4. The summed E-state index contributed by atoms with van der Waals surface area (Å²) in [5.74, 6) is 0. The predicted molar refractivity (Wildman–Crippen MR) is 172 cm³/mol. The van der Waals surface area contributed by atoms with E-state index >= 15 is 0 Å². The first-order valence-corrected chi connectivity index (χ1v) is 14.0. The van der Waals surface area contributed by atoms with Gasteiger partial charge in [0, 0.05) is 38.5 Å². The molecule has 5 aromatic carbocycles. The summed E-state index contributed by atoms with van der Waals surface area (Å²) in [4.78, 5) is 0. The first-order chi connectivity index (χ1) is 20.7. The summed E-state index contributed by atoms with van der Waals surface area (Å²) in [6, 6.07) is 44.3. The Morgan fingerprint density at radius 1 is 0.667 bits per heavy atom. The summed E-state index contributed by atoms with van der Waals surface area (Å²) in [7, 11) is 0. The second-order valence-corrected chi connectivity index (χ2v) is 10.5. The highest BCUT2D eigenvalue weighted by atomic mass is 15.0. The minimum absolute atomic E-state index is 0.657. The third-order valence-corrected chi connectivity index (χ3v) is 7.92. The first kappa shape index (κ1) is 25.1. The van der Waals surface area contributed by atoms with E-state index in [2.05, 4.69) is 118 Å². The van der Waals surface area contributed by atoms with Gasteiger partial charge in [0.05, 0.1) is 39.8 Å². The van der Waals surface area contributed by atoms with Gasteiger partial charge < -0.3 is 9.13 Å². The molecule has 0 spiro atoms. The summed E-state index contributed by atoms with van der Waals surface area (Å²) < 4.78 is 4.52. The van der Waals surface area contributed by atoms with Crippen LogP contribution in [-0.2, 0) is 6.42 Å². The van der Waals surface area contributed by atoms with Crippen LogP contribution in [0.2, 0.25) is 0 Å². The third-order valence-electron chi connectivity index (χ3n) is 7.92. The van der Waals surface area contributed by atoms with Crippen LogP contribution in [0.3, 0.4) is 0 Å². The zero-order valence-corrected chi connectivity index (χ0v) is 23.1. The highest BCUT2D eigenvalue weighted by Crippen LogP contribution is 2.34. The van der Waals surface area contributed by atoms with Crippen LogP contribution < -0.4 is 0 Å².